The summed E-state index contributed by atoms with van der Waals surface area (Å²) in [6.45, 7) is 4.32. The molecule has 0 aliphatic rings. The summed E-state index contributed by atoms with van der Waals surface area (Å²) in [6, 6.07) is 11.8. The first-order valence-electron chi connectivity index (χ1n) is 6.57. The number of hydrogen-bond acceptors (Lipinski definition) is 4. The van der Waals surface area contributed by atoms with Gasteiger partial charge in [-0.05, 0) is 37.1 Å². The highest BCUT2D eigenvalue weighted by atomic mass is 32.2. The number of aliphatic hydroxyl groups is 1. The predicted octanol–water partition coefficient (Wildman–Crippen LogP) is 3.23. The van der Waals surface area contributed by atoms with E-state index in [4.69, 9.17) is 4.74 Å². The van der Waals surface area contributed by atoms with Gasteiger partial charge < -0.3 is 9.84 Å². The normalized spacial score (nSPS) is 12.2. The molecular weight excluding hydrogens is 270 g/mol. The van der Waals surface area contributed by atoms with Crippen LogP contribution in [0.4, 0.5) is 0 Å². The molecule has 1 heterocycles. The Balaban J connectivity index is 1.82. The topological polar surface area (TPSA) is 42.4 Å². The molecule has 0 saturated heterocycles. The van der Waals surface area contributed by atoms with Crippen molar-refractivity contribution in [1.29, 1.82) is 0 Å². The third-order valence-corrected chi connectivity index (χ3v) is 3.98. The van der Waals surface area contributed by atoms with Gasteiger partial charge in [-0.2, -0.15) is 0 Å². The molecule has 3 nitrogen and oxygen atoms in total. The lowest BCUT2D eigenvalue weighted by molar-refractivity contribution is 0.125. The summed E-state index contributed by atoms with van der Waals surface area (Å²) in [5.74, 6) is 1.44. The number of para-hydroxylation sites is 1. The van der Waals surface area contributed by atoms with Crippen LogP contribution < -0.4 is 4.74 Å². The van der Waals surface area contributed by atoms with Gasteiger partial charge >= 0.3 is 0 Å². The van der Waals surface area contributed by atoms with E-state index >= 15 is 0 Å². The van der Waals surface area contributed by atoms with Crippen LogP contribution in [-0.4, -0.2) is 28.6 Å². The predicted molar refractivity (Wildman–Crippen MR) is 82.4 cm³/mol. The van der Waals surface area contributed by atoms with Gasteiger partial charge in [0, 0.05) is 11.9 Å². The second kappa shape index (κ2) is 7.31. The first-order chi connectivity index (χ1) is 9.66. The summed E-state index contributed by atoms with van der Waals surface area (Å²) < 4.78 is 5.73. The number of pyridine rings is 1. The number of aryl methyl sites for hydroxylation is 2. The molecule has 1 unspecified atom stereocenters. The van der Waals surface area contributed by atoms with E-state index in [0.29, 0.717) is 12.4 Å². The molecule has 0 amide bonds. The Morgan fingerprint density at radius 1 is 1.15 bits per heavy atom. The van der Waals surface area contributed by atoms with E-state index in [1.165, 1.54) is 11.8 Å². The van der Waals surface area contributed by atoms with E-state index in [0.717, 1.165) is 21.9 Å². The molecule has 0 spiro atoms. The van der Waals surface area contributed by atoms with Gasteiger partial charge in [0.1, 0.15) is 12.4 Å². The van der Waals surface area contributed by atoms with Gasteiger partial charge in [0.2, 0.25) is 0 Å². The van der Waals surface area contributed by atoms with E-state index in [2.05, 4.69) is 4.98 Å². The fourth-order valence-electron chi connectivity index (χ4n) is 1.87. The summed E-state index contributed by atoms with van der Waals surface area (Å²) in [5, 5.41) is 10.9. The van der Waals surface area contributed by atoms with Crippen LogP contribution in [0.2, 0.25) is 0 Å². The Bertz CT molecular complexity index is 525. The van der Waals surface area contributed by atoms with Crippen molar-refractivity contribution in [3.63, 3.8) is 0 Å². The molecule has 0 fully saturated rings. The number of thioether (sulfide) groups is 1. The Morgan fingerprint density at radius 2 is 1.90 bits per heavy atom. The van der Waals surface area contributed by atoms with Gasteiger partial charge in [0.05, 0.1) is 11.1 Å². The summed E-state index contributed by atoms with van der Waals surface area (Å²) in [4.78, 5) is 4.21. The first-order valence-corrected chi connectivity index (χ1v) is 7.56. The van der Waals surface area contributed by atoms with Crippen LogP contribution in [0.3, 0.4) is 0 Å². The minimum atomic E-state index is -0.513. The third-order valence-electron chi connectivity index (χ3n) is 2.89. The summed E-state index contributed by atoms with van der Waals surface area (Å²) >= 11 is 1.53. The van der Waals surface area contributed by atoms with Gasteiger partial charge in [-0.25, -0.2) is 4.98 Å². The van der Waals surface area contributed by atoms with Crippen LogP contribution in [-0.2, 0) is 0 Å². The minimum Gasteiger partial charge on any atom is -0.490 e. The number of nitrogens with zero attached hydrogens (tertiary/aromatic N) is 1. The highest BCUT2D eigenvalue weighted by Gasteiger charge is 2.09. The number of aliphatic hydroxyl groups excluding tert-OH is 1. The van der Waals surface area contributed by atoms with Crippen molar-refractivity contribution in [3.8, 4) is 5.75 Å². The van der Waals surface area contributed by atoms with Gasteiger partial charge in [0.15, 0.2) is 0 Å². The van der Waals surface area contributed by atoms with E-state index < -0.39 is 6.10 Å². The minimum absolute atomic E-state index is 0.297. The van der Waals surface area contributed by atoms with Gasteiger partial charge in [0.25, 0.3) is 0 Å². The van der Waals surface area contributed by atoms with Crippen LogP contribution in [0.15, 0.2) is 47.6 Å². The van der Waals surface area contributed by atoms with E-state index in [-0.39, 0.29) is 0 Å². The Hall–Kier alpha value is -1.52. The van der Waals surface area contributed by atoms with Gasteiger partial charge in [-0.15, -0.1) is 11.8 Å². The fraction of sp³-hybridized carbons (Fsp3) is 0.312. The average molecular weight is 289 g/mol. The zero-order valence-corrected chi connectivity index (χ0v) is 12.6. The average Bonchev–Trinajstić information content (AvgIpc) is 2.46. The monoisotopic (exact) mass is 289 g/mol. The van der Waals surface area contributed by atoms with Crippen LogP contribution in [0.5, 0.6) is 5.75 Å². The molecule has 2 rings (SSSR count). The number of aromatic nitrogens is 1. The number of ether oxygens (including phenoxy) is 1. The summed E-state index contributed by atoms with van der Waals surface area (Å²) in [6.07, 6.45) is 1.24. The maximum Gasteiger partial charge on any atom is 0.125 e. The largest absolute Gasteiger partial charge is 0.490 e. The molecule has 106 valence electrons. The van der Waals surface area contributed by atoms with E-state index in [1.54, 1.807) is 6.20 Å². The Kier molecular flexibility index (Phi) is 5.44. The highest BCUT2D eigenvalue weighted by molar-refractivity contribution is 7.99. The maximum absolute atomic E-state index is 9.98. The number of benzene rings is 1. The second-order valence-electron chi connectivity index (χ2n) is 4.66. The molecule has 4 heteroatoms. The molecule has 0 aliphatic carbocycles. The quantitative estimate of drug-likeness (QED) is 0.829. The van der Waals surface area contributed by atoms with Crippen molar-refractivity contribution in [2.24, 2.45) is 0 Å². The number of rotatable bonds is 6. The van der Waals surface area contributed by atoms with Crippen molar-refractivity contribution < 1.29 is 9.84 Å². The Labute approximate surface area is 124 Å². The lowest BCUT2D eigenvalue weighted by atomic mass is 10.1. The molecule has 0 bridgehead atoms. The summed E-state index contributed by atoms with van der Waals surface area (Å²) in [5.41, 5.74) is 2.18. The molecular formula is C16H19NO2S. The highest BCUT2D eigenvalue weighted by Crippen LogP contribution is 2.23. The van der Waals surface area contributed by atoms with E-state index in [1.807, 2.05) is 50.2 Å². The molecule has 0 radical (unpaired) electrons. The molecule has 1 aromatic heterocycles. The van der Waals surface area contributed by atoms with E-state index in [9.17, 15) is 5.11 Å². The lowest BCUT2D eigenvalue weighted by Crippen LogP contribution is -2.20. The second-order valence-corrected chi connectivity index (χ2v) is 5.71. The lowest BCUT2D eigenvalue weighted by Gasteiger charge is -2.15. The zero-order valence-electron chi connectivity index (χ0n) is 11.7. The molecule has 0 saturated carbocycles. The fourth-order valence-corrected chi connectivity index (χ4v) is 2.64. The molecule has 20 heavy (non-hydrogen) atoms. The molecule has 1 atom stereocenters. The van der Waals surface area contributed by atoms with Crippen LogP contribution in [0, 0.1) is 13.8 Å². The molecule has 2 aromatic rings. The van der Waals surface area contributed by atoms with Crippen LogP contribution in [0.25, 0.3) is 0 Å². The van der Waals surface area contributed by atoms with Crippen molar-refractivity contribution in [1.82, 2.24) is 4.98 Å². The maximum atomic E-state index is 9.98. The zero-order chi connectivity index (χ0) is 14.4. The summed E-state index contributed by atoms with van der Waals surface area (Å²) in [7, 11) is 0. The van der Waals surface area contributed by atoms with Gasteiger partial charge in [-0.3, -0.25) is 0 Å². The number of hydrogen-bond donors (Lipinski definition) is 1. The first kappa shape index (κ1) is 14.9. The standard InChI is InChI=1S/C16H19NO2S/c1-12-6-5-7-13(2)16(12)19-10-14(18)11-20-15-8-3-4-9-17-15/h3-9,14,18H,10-11H2,1-2H3. The smallest absolute Gasteiger partial charge is 0.125 e. The SMILES string of the molecule is Cc1cccc(C)c1OCC(O)CSc1ccccn1. The van der Waals surface area contributed by atoms with Crippen molar-refractivity contribution in [3.05, 3.63) is 53.7 Å². The van der Waals surface area contributed by atoms with Crippen molar-refractivity contribution in [2.75, 3.05) is 12.4 Å². The van der Waals surface area contributed by atoms with Gasteiger partial charge in [-0.1, -0.05) is 24.3 Å². The van der Waals surface area contributed by atoms with Crippen LogP contribution in [0.1, 0.15) is 11.1 Å². The third kappa shape index (κ3) is 4.25. The van der Waals surface area contributed by atoms with Crippen molar-refractivity contribution in [2.45, 2.75) is 25.0 Å². The molecule has 1 N–H and O–H groups in total. The molecule has 0 aliphatic heterocycles. The van der Waals surface area contributed by atoms with Crippen molar-refractivity contribution >= 4 is 11.8 Å². The Morgan fingerprint density at radius 3 is 2.55 bits per heavy atom. The molecule has 1 aromatic carbocycles. The van der Waals surface area contributed by atoms with Crippen LogP contribution >= 0.6 is 11.8 Å².